The van der Waals surface area contributed by atoms with Crippen LogP contribution in [0.4, 0.5) is 5.95 Å². The van der Waals surface area contributed by atoms with Crippen molar-refractivity contribution in [2.24, 2.45) is 0 Å². The molecule has 3 amide bonds. The highest BCUT2D eigenvalue weighted by Gasteiger charge is 2.35. The second kappa shape index (κ2) is 10.8. The van der Waals surface area contributed by atoms with E-state index in [2.05, 4.69) is 11.9 Å². The predicted molar refractivity (Wildman–Crippen MR) is 142 cm³/mol. The Balaban J connectivity index is 1.61. The summed E-state index contributed by atoms with van der Waals surface area (Å²) in [7, 11) is 0. The van der Waals surface area contributed by atoms with Crippen molar-refractivity contribution < 1.29 is 24.6 Å². The van der Waals surface area contributed by atoms with Gasteiger partial charge in [0.05, 0.1) is 34.8 Å². The SMILES string of the molecule is C=CC(=O)N1CCCCC(n2c(NC(=O)c3ccccc3)nc3cccc(C(=O)N4CC(O)C(O)C4)c32)C1. The number of aliphatic hydroxyl groups excluding tert-OH is 2. The molecular weight excluding hydrogens is 486 g/mol. The zero-order chi connectivity index (χ0) is 26.8. The molecule has 3 atom stereocenters. The Bertz CT molecular complexity index is 1360. The van der Waals surface area contributed by atoms with E-state index in [9.17, 15) is 24.6 Å². The van der Waals surface area contributed by atoms with Gasteiger partial charge in [-0.1, -0.05) is 30.8 Å². The smallest absolute Gasteiger partial charge is 0.257 e. The summed E-state index contributed by atoms with van der Waals surface area (Å²) in [5.74, 6) is -0.574. The number of β-amino-alcohol motifs (C(OH)–C–C–N with tert-alkyl or cyclic N) is 2. The number of benzene rings is 2. The van der Waals surface area contributed by atoms with Gasteiger partial charge in [-0.25, -0.2) is 4.98 Å². The number of aliphatic hydroxyl groups is 2. The van der Waals surface area contributed by atoms with Crippen LogP contribution >= 0.6 is 0 Å². The number of anilines is 1. The first kappa shape index (κ1) is 25.6. The first-order valence-corrected chi connectivity index (χ1v) is 12.8. The molecule has 3 heterocycles. The van der Waals surface area contributed by atoms with Crippen molar-refractivity contribution in [3.8, 4) is 0 Å². The van der Waals surface area contributed by atoms with E-state index in [1.54, 1.807) is 47.4 Å². The van der Waals surface area contributed by atoms with Gasteiger partial charge < -0.3 is 24.6 Å². The molecule has 3 unspecified atom stereocenters. The minimum absolute atomic E-state index is 0.0210. The van der Waals surface area contributed by atoms with Crippen molar-refractivity contribution >= 4 is 34.7 Å². The van der Waals surface area contributed by atoms with Gasteiger partial charge in [0, 0.05) is 31.7 Å². The molecule has 38 heavy (non-hydrogen) atoms. The third-order valence-corrected chi connectivity index (χ3v) is 7.25. The van der Waals surface area contributed by atoms with E-state index in [1.807, 2.05) is 10.6 Å². The topological polar surface area (TPSA) is 128 Å². The number of carbonyl (C=O) groups excluding carboxylic acids is 3. The van der Waals surface area contributed by atoms with Crippen LogP contribution in [-0.2, 0) is 4.79 Å². The third-order valence-electron chi connectivity index (χ3n) is 7.25. The van der Waals surface area contributed by atoms with E-state index in [-0.39, 0.29) is 42.8 Å². The Kier molecular flexibility index (Phi) is 7.26. The monoisotopic (exact) mass is 517 g/mol. The molecular formula is C28H31N5O5. The lowest BCUT2D eigenvalue weighted by molar-refractivity contribution is -0.126. The van der Waals surface area contributed by atoms with Crippen molar-refractivity contribution in [3.05, 3.63) is 72.3 Å². The van der Waals surface area contributed by atoms with Crippen molar-refractivity contribution in [2.75, 3.05) is 31.5 Å². The Hall–Kier alpha value is -4.02. The van der Waals surface area contributed by atoms with Gasteiger partial charge in [-0.3, -0.25) is 19.7 Å². The highest BCUT2D eigenvalue weighted by Crippen LogP contribution is 2.33. The van der Waals surface area contributed by atoms with Crippen molar-refractivity contribution in [1.82, 2.24) is 19.4 Å². The minimum atomic E-state index is -1.01. The number of hydrogen-bond donors (Lipinski definition) is 3. The molecule has 2 aliphatic heterocycles. The maximum atomic E-state index is 13.6. The zero-order valence-corrected chi connectivity index (χ0v) is 21.0. The first-order valence-electron chi connectivity index (χ1n) is 12.8. The van der Waals surface area contributed by atoms with E-state index in [0.29, 0.717) is 41.7 Å². The highest BCUT2D eigenvalue weighted by atomic mass is 16.3. The van der Waals surface area contributed by atoms with Crippen LogP contribution in [0.25, 0.3) is 11.0 Å². The molecule has 198 valence electrons. The summed E-state index contributed by atoms with van der Waals surface area (Å²) >= 11 is 0. The minimum Gasteiger partial charge on any atom is -0.388 e. The summed E-state index contributed by atoms with van der Waals surface area (Å²) in [5, 5.41) is 23.0. The molecule has 2 aliphatic rings. The van der Waals surface area contributed by atoms with Gasteiger partial charge in [0.2, 0.25) is 11.9 Å². The van der Waals surface area contributed by atoms with Crippen LogP contribution in [0, 0.1) is 0 Å². The highest BCUT2D eigenvalue weighted by molar-refractivity contribution is 6.08. The average molecular weight is 518 g/mol. The molecule has 10 heteroatoms. The lowest BCUT2D eigenvalue weighted by Crippen LogP contribution is -2.35. The van der Waals surface area contributed by atoms with Gasteiger partial charge in [-0.2, -0.15) is 0 Å². The molecule has 2 fully saturated rings. The second-order valence-corrected chi connectivity index (χ2v) is 9.78. The number of likely N-dealkylation sites (tertiary alicyclic amines) is 2. The van der Waals surface area contributed by atoms with E-state index >= 15 is 0 Å². The molecule has 3 N–H and O–H groups in total. The Labute approximate surface area is 220 Å². The second-order valence-electron chi connectivity index (χ2n) is 9.78. The molecule has 0 aliphatic carbocycles. The molecule has 1 aromatic heterocycles. The van der Waals surface area contributed by atoms with Crippen molar-refractivity contribution in [2.45, 2.75) is 37.5 Å². The summed E-state index contributed by atoms with van der Waals surface area (Å²) < 4.78 is 1.86. The number of imidazole rings is 1. The number of carbonyl (C=O) groups is 3. The van der Waals surface area contributed by atoms with Gasteiger partial charge in [0.25, 0.3) is 11.8 Å². The number of nitrogens with zero attached hydrogens (tertiary/aromatic N) is 4. The molecule has 0 radical (unpaired) electrons. The zero-order valence-electron chi connectivity index (χ0n) is 21.0. The van der Waals surface area contributed by atoms with Crippen LogP contribution in [-0.4, -0.2) is 85.7 Å². The Morgan fingerprint density at radius 2 is 1.68 bits per heavy atom. The predicted octanol–water partition coefficient (Wildman–Crippen LogP) is 2.21. The summed E-state index contributed by atoms with van der Waals surface area (Å²) in [6.45, 7) is 4.63. The Morgan fingerprint density at radius 3 is 2.39 bits per heavy atom. The number of amides is 3. The van der Waals surface area contributed by atoms with Crippen molar-refractivity contribution in [3.63, 3.8) is 0 Å². The molecule has 5 rings (SSSR count). The van der Waals surface area contributed by atoms with Gasteiger partial charge in [-0.15, -0.1) is 0 Å². The fourth-order valence-corrected chi connectivity index (χ4v) is 5.29. The maximum Gasteiger partial charge on any atom is 0.257 e. The van der Waals surface area contributed by atoms with Crippen LogP contribution in [0.2, 0.25) is 0 Å². The fourth-order valence-electron chi connectivity index (χ4n) is 5.29. The summed E-state index contributed by atoms with van der Waals surface area (Å²) in [4.78, 5) is 47.2. The molecule has 0 spiro atoms. The maximum absolute atomic E-state index is 13.6. The quantitative estimate of drug-likeness (QED) is 0.445. The lowest BCUT2D eigenvalue weighted by atomic mass is 10.1. The number of fused-ring (bicyclic) bond motifs is 1. The van der Waals surface area contributed by atoms with E-state index < -0.39 is 12.2 Å². The molecule has 0 saturated carbocycles. The van der Waals surface area contributed by atoms with E-state index in [0.717, 1.165) is 12.8 Å². The molecule has 10 nitrogen and oxygen atoms in total. The normalized spacial score (nSPS) is 21.8. The standard InChI is InChI=1S/C28H31N5O5/c1-2-24(36)31-14-7-6-11-19(15-31)33-25-20(27(38)32-16-22(34)23(35)17-32)12-8-13-21(25)29-28(33)30-26(37)18-9-4-3-5-10-18/h2-5,8-10,12-13,19,22-23,34-35H,1,6-7,11,14-17H2,(H,29,30,37). The summed E-state index contributed by atoms with van der Waals surface area (Å²) in [6.07, 6.45) is 1.66. The first-order chi connectivity index (χ1) is 18.4. The lowest BCUT2D eigenvalue weighted by Gasteiger charge is -2.27. The summed E-state index contributed by atoms with van der Waals surface area (Å²) in [6, 6.07) is 13.7. The molecule has 0 bridgehead atoms. The van der Waals surface area contributed by atoms with Crippen molar-refractivity contribution in [1.29, 1.82) is 0 Å². The number of aromatic nitrogens is 2. The van der Waals surface area contributed by atoms with Crippen LogP contribution in [0.15, 0.2) is 61.2 Å². The largest absolute Gasteiger partial charge is 0.388 e. The number of nitrogens with one attached hydrogen (secondary N) is 1. The van der Waals surface area contributed by atoms with Crippen LogP contribution < -0.4 is 5.32 Å². The summed E-state index contributed by atoms with van der Waals surface area (Å²) in [5.41, 5.74) is 1.87. The Morgan fingerprint density at radius 1 is 0.947 bits per heavy atom. The van der Waals surface area contributed by atoms with Gasteiger partial charge in [-0.05, 0) is 49.6 Å². The number of hydrogen-bond acceptors (Lipinski definition) is 6. The fraction of sp³-hybridized carbons (Fsp3) is 0.357. The molecule has 3 aromatic rings. The van der Waals surface area contributed by atoms with Crippen LogP contribution in [0.5, 0.6) is 0 Å². The molecule has 2 saturated heterocycles. The van der Waals surface area contributed by atoms with E-state index in [1.165, 1.54) is 11.0 Å². The third kappa shape index (κ3) is 4.92. The average Bonchev–Trinajstić information content (AvgIpc) is 3.36. The van der Waals surface area contributed by atoms with Gasteiger partial charge in [0.15, 0.2) is 0 Å². The van der Waals surface area contributed by atoms with Crippen LogP contribution in [0.3, 0.4) is 0 Å². The van der Waals surface area contributed by atoms with Crippen LogP contribution in [0.1, 0.15) is 46.0 Å². The molecule has 2 aromatic carbocycles. The number of para-hydroxylation sites is 1. The van der Waals surface area contributed by atoms with Gasteiger partial charge in [0.1, 0.15) is 0 Å². The number of rotatable bonds is 5. The van der Waals surface area contributed by atoms with E-state index in [4.69, 9.17) is 4.98 Å². The van der Waals surface area contributed by atoms with Gasteiger partial charge >= 0.3 is 0 Å².